The van der Waals surface area contributed by atoms with Gasteiger partial charge in [-0.1, -0.05) is 59.6 Å². The molecule has 0 saturated carbocycles. The Hall–Kier alpha value is -3.07. The SMILES string of the molecule is COCCCN(C(=O)c1cccc(Cl)c1Cl)c1c(N)n(Cc2ccccc2)c(=O)[nH]c1=O. The van der Waals surface area contributed by atoms with Crippen LogP contribution in [0, 0.1) is 0 Å². The number of hydrogen-bond acceptors (Lipinski definition) is 5. The fraction of sp³-hybridized carbons (Fsp3) is 0.227. The van der Waals surface area contributed by atoms with E-state index in [4.69, 9.17) is 33.7 Å². The van der Waals surface area contributed by atoms with E-state index in [2.05, 4.69) is 4.98 Å². The van der Waals surface area contributed by atoms with Crippen molar-refractivity contribution >= 4 is 40.6 Å². The normalized spacial score (nSPS) is 10.8. The lowest BCUT2D eigenvalue weighted by molar-refractivity contribution is 0.0983. The highest BCUT2D eigenvalue weighted by Gasteiger charge is 2.27. The highest BCUT2D eigenvalue weighted by Crippen LogP contribution is 2.28. The number of anilines is 2. The van der Waals surface area contributed by atoms with E-state index in [1.54, 1.807) is 12.1 Å². The molecule has 0 bridgehead atoms. The predicted molar refractivity (Wildman–Crippen MR) is 126 cm³/mol. The number of nitrogens with one attached hydrogen (secondary N) is 1. The fourth-order valence-electron chi connectivity index (χ4n) is 3.26. The molecule has 0 aliphatic rings. The van der Waals surface area contributed by atoms with Crippen LogP contribution in [0.3, 0.4) is 0 Å². The Bertz CT molecular complexity index is 1220. The van der Waals surface area contributed by atoms with Crippen molar-refractivity contribution in [2.24, 2.45) is 0 Å². The number of carbonyl (C=O) groups excluding carboxylic acids is 1. The minimum atomic E-state index is -0.777. The molecule has 3 rings (SSSR count). The van der Waals surface area contributed by atoms with Gasteiger partial charge in [-0.15, -0.1) is 0 Å². The van der Waals surface area contributed by atoms with Gasteiger partial charge in [0.15, 0.2) is 5.69 Å². The summed E-state index contributed by atoms with van der Waals surface area (Å²) in [6, 6.07) is 13.8. The van der Waals surface area contributed by atoms with Crippen molar-refractivity contribution in [2.75, 3.05) is 30.9 Å². The van der Waals surface area contributed by atoms with Gasteiger partial charge in [0.1, 0.15) is 5.82 Å². The number of halogens is 2. The molecule has 0 fully saturated rings. The Kier molecular flexibility index (Phi) is 7.74. The van der Waals surface area contributed by atoms with Gasteiger partial charge in [0.05, 0.1) is 22.2 Å². The smallest absolute Gasteiger partial charge is 0.330 e. The number of methoxy groups -OCH3 is 1. The Labute approximate surface area is 194 Å². The summed E-state index contributed by atoms with van der Waals surface area (Å²) >= 11 is 12.3. The van der Waals surface area contributed by atoms with Gasteiger partial charge in [0.2, 0.25) is 0 Å². The summed E-state index contributed by atoms with van der Waals surface area (Å²) in [6.45, 7) is 0.564. The number of aromatic nitrogens is 2. The third kappa shape index (κ3) is 5.04. The van der Waals surface area contributed by atoms with Crippen molar-refractivity contribution in [3.63, 3.8) is 0 Å². The maximum absolute atomic E-state index is 13.4. The number of hydrogen-bond donors (Lipinski definition) is 2. The number of carbonyl (C=O) groups is 1. The van der Waals surface area contributed by atoms with Gasteiger partial charge in [-0.25, -0.2) is 4.79 Å². The first kappa shape index (κ1) is 23.6. The topological polar surface area (TPSA) is 110 Å². The summed E-state index contributed by atoms with van der Waals surface area (Å²) in [5.41, 5.74) is 5.59. The van der Waals surface area contributed by atoms with Crippen LogP contribution < -0.4 is 21.9 Å². The zero-order valence-corrected chi connectivity index (χ0v) is 18.8. The van der Waals surface area contributed by atoms with E-state index in [0.29, 0.717) is 13.0 Å². The molecule has 0 unspecified atom stereocenters. The Morgan fingerprint density at radius 2 is 1.84 bits per heavy atom. The average molecular weight is 477 g/mol. The number of nitrogens with two attached hydrogens (primary N) is 1. The molecule has 0 spiro atoms. The molecule has 0 saturated heterocycles. The lowest BCUT2D eigenvalue weighted by Gasteiger charge is -2.25. The molecule has 168 valence electrons. The van der Waals surface area contributed by atoms with Crippen LogP contribution >= 0.6 is 23.2 Å². The minimum Gasteiger partial charge on any atom is -0.385 e. The zero-order chi connectivity index (χ0) is 23.3. The van der Waals surface area contributed by atoms with E-state index in [1.807, 2.05) is 30.3 Å². The standard InChI is InChI=1S/C22H22Cl2N4O4/c1-32-12-6-11-27(21(30)15-9-5-10-16(23)17(15)24)18-19(25)28(22(31)26-20(18)29)13-14-7-3-2-4-8-14/h2-5,7-10H,6,11-13,25H2,1H3,(H,26,29,31). The molecule has 0 atom stereocenters. The second-order valence-electron chi connectivity index (χ2n) is 6.97. The van der Waals surface area contributed by atoms with Crippen LogP contribution in [0.5, 0.6) is 0 Å². The van der Waals surface area contributed by atoms with Gasteiger partial charge in [-0.05, 0) is 24.1 Å². The van der Waals surface area contributed by atoms with Crippen molar-refractivity contribution in [2.45, 2.75) is 13.0 Å². The van der Waals surface area contributed by atoms with Crippen molar-refractivity contribution in [1.82, 2.24) is 9.55 Å². The lowest BCUT2D eigenvalue weighted by Crippen LogP contribution is -2.42. The number of amides is 1. The second-order valence-corrected chi connectivity index (χ2v) is 7.75. The van der Waals surface area contributed by atoms with Crippen LogP contribution in [-0.2, 0) is 11.3 Å². The Morgan fingerprint density at radius 3 is 2.53 bits per heavy atom. The number of ether oxygens (including phenoxy) is 1. The van der Waals surface area contributed by atoms with Crippen LogP contribution in [0.15, 0.2) is 58.1 Å². The Morgan fingerprint density at radius 1 is 1.12 bits per heavy atom. The van der Waals surface area contributed by atoms with E-state index >= 15 is 0 Å². The van der Waals surface area contributed by atoms with Gasteiger partial charge in [-0.3, -0.25) is 19.1 Å². The molecule has 0 aliphatic carbocycles. The van der Waals surface area contributed by atoms with Crippen LogP contribution in [0.1, 0.15) is 22.3 Å². The minimum absolute atomic E-state index is 0.0588. The number of rotatable bonds is 8. The molecule has 0 radical (unpaired) electrons. The van der Waals surface area contributed by atoms with Crippen molar-refractivity contribution in [3.8, 4) is 0 Å². The molecule has 3 aromatic rings. The van der Waals surface area contributed by atoms with Crippen molar-refractivity contribution in [1.29, 1.82) is 0 Å². The molecule has 32 heavy (non-hydrogen) atoms. The number of nitrogen functional groups attached to an aromatic ring is 1. The molecule has 1 heterocycles. The molecule has 2 aromatic carbocycles. The Balaban J connectivity index is 2.12. The molecular formula is C22H22Cl2N4O4. The maximum atomic E-state index is 13.4. The summed E-state index contributed by atoms with van der Waals surface area (Å²) in [5, 5.41) is 0.258. The monoisotopic (exact) mass is 476 g/mol. The van der Waals surface area contributed by atoms with E-state index in [-0.39, 0.29) is 40.2 Å². The molecule has 10 heteroatoms. The molecule has 3 N–H and O–H groups in total. The van der Waals surface area contributed by atoms with Crippen molar-refractivity contribution < 1.29 is 9.53 Å². The molecule has 1 amide bonds. The summed E-state index contributed by atoms with van der Waals surface area (Å²) < 4.78 is 6.29. The first-order valence-corrected chi connectivity index (χ1v) is 10.5. The average Bonchev–Trinajstić information content (AvgIpc) is 2.77. The third-order valence-corrected chi connectivity index (χ3v) is 5.64. The van der Waals surface area contributed by atoms with E-state index in [1.165, 1.54) is 22.6 Å². The van der Waals surface area contributed by atoms with Gasteiger partial charge >= 0.3 is 5.69 Å². The summed E-state index contributed by atoms with van der Waals surface area (Å²) in [4.78, 5) is 42.2. The van der Waals surface area contributed by atoms with E-state index < -0.39 is 17.2 Å². The van der Waals surface area contributed by atoms with Crippen molar-refractivity contribution in [3.05, 3.63) is 90.5 Å². The first-order chi connectivity index (χ1) is 15.3. The van der Waals surface area contributed by atoms with Gasteiger partial charge < -0.3 is 15.4 Å². The number of nitrogens with zero attached hydrogens (tertiary/aromatic N) is 2. The first-order valence-electron chi connectivity index (χ1n) is 9.76. The van der Waals surface area contributed by atoms with Gasteiger partial charge in [0.25, 0.3) is 11.5 Å². The largest absolute Gasteiger partial charge is 0.385 e. The molecule has 0 aliphatic heterocycles. The summed E-state index contributed by atoms with van der Waals surface area (Å²) in [7, 11) is 1.53. The van der Waals surface area contributed by atoms with E-state index in [9.17, 15) is 14.4 Å². The zero-order valence-electron chi connectivity index (χ0n) is 17.3. The molecule has 1 aromatic heterocycles. The number of aromatic amines is 1. The lowest BCUT2D eigenvalue weighted by atomic mass is 10.1. The third-order valence-electron chi connectivity index (χ3n) is 4.82. The quantitative estimate of drug-likeness (QED) is 0.485. The van der Waals surface area contributed by atoms with E-state index in [0.717, 1.165) is 5.56 Å². The van der Waals surface area contributed by atoms with Crippen LogP contribution in [0.4, 0.5) is 11.5 Å². The van der Waals surface area contributed by atoms with Crippen LogP contribution in [0.25, 0.3) is 0 Å². The maximum Gasteiger partial charge on any atom is 0.330 e. The highest BCUT2D eigenvalue weighted by atomic mass is 35.5. The fourth-order valence-corrected chi connectivity index (χ4v) is 3.64. The number of H-pyrrole nitrogens is 1. The van der Waals surface area contributed by atoms with Crippen LogP contribution in [-0.4, -0.2) is 35.7 Å². The van der Waals surface area contributed by atoms with Gasteiger partial charge in [-0.2, -0.15) is 0 Å². The van der Waals surface area contributed by atoms with Crippen LogP contribution in [0.2, 0.25) is 10.0 Å². The predicted octanol–water partition coefficient (Wildman–Crippen LogP) is 3.16. The summed E-state index contributed by atoms with van der Waals surface area (Å²) in [5.74, 6) is -0.706. The summed E-state index contributed by atoms with van der Waals surface area (Å²) in [6.07, 6.45) is 0.414. The molecule has 8 nitrogen and oxygen atoms in total. The van der Waals surface area contributed by atoms with Gasteiger partial charge in [0, 0.05) is 20.3 Å². The number of benzene rings is 2. The molecular weight excluding hydrogens is 455 g/mol. The second kappa shape index (κ2) is 10.5. The highest BCUT2D eigenvalue weighted by molar-refractivity contribution is 6.44.